The van der Waals surface area contributed by atoms with Crippen LogP contribution in [0.1, 0.15) is 17.2 Å². The summed E-state index contributed by atoms with van der Waals surface area (Å²) in [6.07, 6.45) is 2.71. The van der Waals surface area contributed by atoms with Crippen molar-refractivity contribution in [2.24, 2.45) is 7.05 Å². The standard InChI is InChI=1S/C13H16N2O2/c1-10-3-5-11(6-4-10)12(16)9-15-8-7-14(2)13(15)17/h3-8,12,16H,9H2,1-2H3. The maximum atomic E-state index is 11.6. The second-order valence-corrected chi connectivity index (χ2v) is 4.27. The zero-order valence-corrected chi connectivity index (χ0v) is 10.00. The van der Waals surface area contributed by atoms with Crippen LogP contribution in [-0.4, -0.2) is 14.2 Å². The summed E-state index contributed by atoms with van der Waals surface area (Å²) in [6, 6.07) is 7.67. The third-order valence-electron chi connectivity index (χ3n) is 2.85. The number of nitrogens with zero attached hydrogens (tertiary/aromatic N) is 2. The van der Waals surface area contributed by atoms with Gasteiger partial charge in [0.15, 0.2) is 0 Å². The predicted molar refractivity (Wildman–Crippen MR) is 65.8 cm³/mol. The summed E-state index contributed by atoms with van der Waals surface area (Å²) >= 11 is 0. The summed E-state index contributed by atoms with van der Waals surface area (Å²) in [7, 11) is 1.69. The van der Waals surface area contributed by atoms with Crippen LogP contribution in [0.3, 0.4) is 0 Å². The van der Waals surface area contributed by atoms with Gasteiger partial charge in [0.1, 0.15) is 0 Å². The fourth-order valence-corrected chi connectivity index (χ4v) is 1.73. The molecule has 4 heteroatoms. The summed E-state index contributed by atoms with van der Waals surface area (Å²) in [4.78, 5) is 11.6. The Kier molecular flexibility index (Phi) is 3.15. The smallest absolute Gasteiger partial charge is 0.327 e. The molecular formula is C13H16N2O2. The van der Waals surface area contributed by atoms with Gasteiger partial charge in [-0.2, -0.15) is 0 Å². The van der Waals surface area contributed by atoms with E-state index in [1.807, 2.05) is 31.2 Å². The molecule has 1 heterocycles. The first-order valence-corrected chi connectivity index (χ1v) is 5.54. The fraction of sp³-hybridized carbons (Fsp3) is 0.308. The van der Waals surface area contributed by atoms with E-state index in [2.05, 4.69) is 0 Å². The van der Waals surface area contributed by atoms with Crippen LogP contribution in [0.4, 0.5) is 0 Å². The highest BCUT2D eigenvalue weighted by molar-refractivity contribution is 5.23. The van der Waals surface area contributed by atoms with Crippen LogP contribution in [0.25, 0.3) is 0 Å². The second kappa shape index (κ2) is 4.59. The molecule has 0 bridgehead atoms. The number of benzene rings is 1. The molecule has 0 aliphatic carbocycles. The number of aliphatic hydroxyl groups excluding tert-OH is 1. The molecule has 0 saturated carbocycles. The van der Waals surface area contributed by atoms with Crippen molar-refractivity contribution >= 4 is 0 Å². The maximum absolute atomic E-state index is 11.6. The first-order chi connectivity index (χ1) is 8.08. The van der Waals surface area contributed by atoms with Crippen molar-refractivity contribution in [1.82, 2.24) is 9.13 Å². The lowest BCUT2D eigenvalue weighted by molar-refractivity contribution is 0.155. The molecule has 0 amide bonds. The molecule has 1 unspecified atom stereocenters. The fourth-order valence-electron chi connectivity index (χ4n) is 1.73. The van der Waals surface area contributed by atoms with E-state index in [0.29, 0.717) is 0 Å². The van der Waals surface area contributed by atoms with Crippen LogP contribution < -0.4 is 5.69 Å². The minimum Gasteiger partial charge on any atom is -0.387 e. The van der Waals surface area contributed by atoms with Gasteiger partial charge in [-0.05, 0) is 12.5 Å². The van der Waals surface area contributed by atoms with Crippen molar-refractivity contribution in [2.75, 3.05) is 0 Å². The van der Waals surface area contributed by atoms with Gasteiger partial charge >= 0.3 is 5.69 Å². The lowest BCUT2D eigenvalue weighted by Crippen LogP contribution is -2.24. The summed E-state index contributed by atoms with van der Waals surface area (Å²) in [6.45, 7) is 2.28. The lowest BCUT2D eigenvalue weighted by Gasteiger charge is -2.11. The topological polar surface area (TPSA) is 47.2 Å². The maximum Gasteiger partial charge on any atom is 0.327 e. The van der Waals surface area contributed by atoms with Crippen LogP contribution in [0.5, 0.6) is 0 Å². The first kappa shape index (κ1) is 11.7. The molecule has 4 nitrogen and oxygen atoms in total. The van der Waals surface area contributed by atoms with Crippen molar-refractivity contribution in [3.63, 3.8) is 0 Å². The minimum atomic E-state index is -0.657. The van der Waals surface area contributed by atoms with Crippen LogP contribution in [-0.2, 0) is 13.6 Å². The molecule has 1 aromatic carbocycles. The Hall–Kier alpha value is -1.81. The number of hydrogen-bond donors (Lipinski definition) is 1. The highest BCUT2D eigenvalue weighted by atomic mass is 16.3. The van der Waals surface area contributed by atoms with Gasteiger partial charge in [0, 0.05) is 19.4 Å². The average molecular weight is 232 g/mol. The Morgan fingerprint density at radius 1 is 1.24 bits per heavy atom. The zero-order valence-electron chi connectivity index (χ0n) is 10.00. The van der Waals surface area contributed by atoms with Gasteiger partial charge in [-0.1, -0.05) is 29.8 Å². The average Bonchev–Trinajstić information content (AvgIpc) is 2.62. The van der Waals surface area contributed by atoms with E-state index in [0.717, 1.165) is 11.1 Å². The quantitative estimate of drug-likeness (QED) is 0.865. The SMILES string of the molecule is Cc1ccc(C(O)Cn2ccn(C)c2=O)cc1. The summed E-state index contributed by atoms with van der Waals surface area (Å²) in [5.74, 6) is 0. The van der Waals surface area contributed by atoms with Crippen molar-refractivity contribution in [2.45, 2.75) is 19.6 Å². The molecule has 0 aliphatic heterocycles. The monoisotopic (exact) mass is 232 g/mol. The molecule has 0 aliphatic rings. The lowest BCUT2D eigenvalue weighted by atomic mass is 10.1. The third kappa shape index (κ3) is 2.47. The second-order valence-electron chi connectivity index (χ2n) is 4.27. The molecule has 0 spiro atoms. The van der Waals surface area contributed by atoms with E-state index < -0.39 is 6.10 Å². The predicted octanol–water partition coefficient (Wildman–Crippen LogP) is 1.23. The van der Waals surface area contributed by atoms with Gasteiger partial charge in [-0.3, -0.25) is 4.57 Å². The normalized spacial score (nSPS) is 12.6. The van der Waals surface area contributed by atoms with E-state index >= 15 is 0 Å². The van der Waals surface area contributed by atoms with E-state index in [4.69, 9.17) is 0 Å². The number of aliphatic hydroxyl groups is 1. The molecule has 1 aromatic heterocycles. The largest absolute Gasteiger partial charge is 0.387 e. The molecule has 2 rings (SSSR count). The van der Waals surface area contributed by atoms with Gasteiger partial charge in [0.05, 0.1) is 12.6 Å². The molecule has 0 radical (unpaired) electrons. The summed E-state index contributed by atoms with van der Waals surface area (Å²) < 4.78 is 2.99. The molecular weight excluding hydrogens is 216 g/mol. The van der Waals surface area contributed by atoms with Gasteiger partial charge in [-0.25, -0.2) is 4.79 Å². The van der Waals surface area contributed by atoms with Crippen molar-refractivity contribution in [3.8, 4) is 0 Å². The van der Waals surface area contributed by atoms with Gasteiger partial charge in [0.2, 0.25) is 0 Å². The number of hydrogen-bond acceptors (Lipinski definition) is 2. The summed E-state index contributed by atoms with van der Waals surface area (Å²) in [5, 5.41) is 10.0. The molecule has 90 valence electrons. The number of aryl methyl sites for hydroxylation is 2. The van der Waals surface area contributed by atoms with Crippen LogP contribution in [0.15, 0.2) is 41.5 Å². The molecule has 1 atom stereocenters. The van der Waals surface area contributed by atoms with Gasteiger partial charge < -0.3 is 9.67 Å². The molecule has 0 fully saturated rings. The van der Waals surface area contributed by atoms with Crippen LogP contribution >= 0.6 is 0 Å². The first-order valence-electron chi connectivity index (χ1n) is 5.54. The number of rotatable bonds is 3. The van der Waals surface area contributed by atoms with Crippen LogP contribution in [0.2, 0.25) is 0 Å². The van der Waals surface area contributed by atoms with E-state index in [-0.39, 0.29) is 12.2 Å². The molecule has 2 aromatic rings. The number of aromatic nitrogens is 2. The van der Waals surface area contributed by atoms with E-state index in [9.17, 15) is 9.90 Å². The third-order valence-corrected chi connectivity index (χ3v) is 2.85. The highest BCUT2D eigenvalue weighted by Gasteiger charge is 2.10. The highest BCUT2D eigenvalue weighted by Crippen LogP contribution is 2.14. The van der Waals surface area contributed by atoms with Crippen molar-refractivity contribution in [3.05, 3.63) is 58.3 Å². The van der Waals surface area contributed by atoms with Crippen molar-refractivity contribution < 1.29 is 5.11 Å². The van der Waals surface area contributed by atoms with E-state index in [1.54, 1.807) is 19.4 Å². The van der Waals surface area contributed by atoms with Gasteiger partial charge in [-0.15, -0.1) is 0 Å². The Labute approximate surface area is 99.8 Å². The van der Waals surface area contributed by atoms with Crippen LogP contribution in [0, 0.1) is 6.92 Å². The zero-order chi connectivity index (χ0) is 12.4. The molecule has 0 saturated heterocycles. The van der Waals surface area contributed by atoms with Gasteiger partial charge in [0.25, 0.3) is 0 Å². The molecule has 1 N–H and O–H groups in total. The summed E-state index contributed by atoms with van der Waals surface area (Å²) in [5.41, 5.74) is 1.86. The van der Waals surface area contributed by atoms with E-state index in [1.165, 1.54) is 9.13 Å². The molecule has 17 heavy (non-hydrogen) atoms. The Morgan fingerprint density at radius 3 is 2.41 bits per heavy atom. The minimum absolute atomic E-state index is 0.115. The van der Waals surface area contributed by atoms with Crippen molar-refractivity contribution in [1.29, 1.82) is 0 Å². The Bertz CT molecular complexity index is 552. The Balaban J connectivity index is 2.17. The Morgan fingerprint density at radius 2 is 1.88 bits per heavy atom. The number of imidazole rings is 1.